The predicted octanol–water partition coefficient (Wildman–Crippen LogP) is 2.29. The number of hydrogen-bond acceptors (Lipinski definition) is 3. The van der Waals surface area contributed by atoms with E-state index < -0.39 is 17.4 Å². The van der Waals surface area contributed by atoms with Gasteiger partial charge in [0.1, 0.15) is 5.54 Å². The summed E-state index contributed by atoms with van der Waals surface area (Å²) in [6.45, 7) is 0.647. The van der Waals surface area contributed by atoms with Crippen molar-refractivity contribution in [2.75, 3.05) is 13.2 Å². The smallest absolute Gasteiger partial charge is 0.329 e. The summed E-state index contributed by atoms with van der Waals surface area (Å²) in [7, 11) is 0. The summed E-state index contributed by atoms with van der Waals surface area (Å²) < 4.78 is 5.99. The lowest BCUT2D eigenvalue weighted by atomic mass is 9.89. The van der Waals surface area contributed by atoms with Crippen LogP contribution >= 0.6 is 15.9 Å². The van der Waals surface area contributed by atoms with E-state index in [4.69, 9.17) is 4.74 Å². The van der Waals surface area contributed by atoms with E-state index >= 15 is 0 Å². The maximum absolute atomic E-state index is 12.6. The number of ether oxygens (including phenoxy) is 1. The molecule has 7 heteroatoms. The monoisotopic (exact) mass is 366 g/mol. The highest BCUT2D eigenvalue weighted by molar-refractivity contribution is 9.10. The van der Waals surface area contributed by atoms with Gasteiger partial charge in [-0.3, -0.25) is 4.79 Å². The first-order valence-corrected chi connectivity index (χ1v) is 7.72. The van der Waals surface area contributed by atoms with Gasteiger partial charge in [-0.1, -0.05) is 22.0 Å². The Balaban J connectivity index is 1.94. The molecule has 0 atom stereocenters. The zero-order valence-electron chi connectivity index (χ0n) is 11.7. The molecule has 1 aromatic heterocycles. The summed E-state index contributed by atoms with van der Waals surface area (Å²) in [5.74, 6) is -1.43. The van der Waals surface area contributed by atoms with Crippen LogP contribution in [0.1, 0.15) is 23.2 Å². The minimum absolute atomic E-state index is 0.262. The molecule has 0 bridgehead atoms. The molecule has 116 valence electrons. The third-order valence-corrected chi connectivity index (χ3v) is 4.67. The van der Waals surface area contributed by atoms with Crippen molar-refractivity contribution in [2.24, 2.45) is 0 Å². The molecule has 1 aromatic carbocycles. The third-order valence-electron chi connectivity index (χ3n) is 4.01. The fraction of sp³-hybridized carbons (Fsp3) is 0.333. The Hall–Kier alpha value is -1.86. The highest BCUT2D eigenvalue weighted by atomic mass is 79.9. The lowest BCUT2D eigenvalue weighted by Gasteiger charge is -2.33. The van der Waals surface area contributed by atoms with Crippen LogP contribution in [0.4, 0.5) is 0 Å². The van der Waals surface area contributed by atoms with Gasteiger partial charge in [-0.2, -0.15) is 0 Å². The first-order chi connectivity index (χ1) is 10.5. The van der Waals surface area contributed by atoms with Crippen molar-refractivity contribution in [3.05, 3.63) is 34.4 Å². The van der Waals surface area contributed by atoms with Crippen molar-refractivity contribution in [1.82, 2.24) is 10.3 Å². The molecular formula is C15H15BrN2O4. The third kappa shape index (κ3) is 2.50. The number of hydrogen-bond donors (Lipinski definition) is 3. The first kappa shape index (κ1) is 15.1. The van der Waals surface area contributed by atoms with Crippen molar-refractivity contribution < 1.29 is 19.4 Å². The Morgan fingerprint density at radius 3 is 2.73 bits per heavy atom. The molecule has 0 spiro atoms. The lowest BCUT2D eigenvalue weighted by molar-refractivity contribution is -0.148. The molecule has 6 nitrogen and oxygen atoms in total. The number of rotatable bonds is 3. The van der Waals surface area contributed by atoms with Crippen LogP contribution in [-0.4, -0.2) is 40.7 Å². The maximum Gasteiger partial charge on any atom is 0.329 e. The summed E-state index contributed by atoms with van der Waals surface area (Å²) in [4.78, 5) is 27.2. The Morgan fingerprint density at radius 1 is 1.32 bits per heavy atom. The maximum atomic E-state index is 12.6. The molecule has 22 heavy (non-hydrogen) atoms. The zero-order valence-corrected chi connectivity index (χ0v) is 13.3. The van der Waals surface area contributed by atoms with Crippen LogP contribution in [0.5, 0.6) is 0 Å². The topological polar surface area (TPSA) is 91.4 Å². The summed E-state index contributed by atoms with van der Waals surface area (Å²) in [6, 6.07) is 5.56. The highest BCUT2D eigenvalue weighted by Crippen LogP contribution is 2.28. The molecule has 0 radical (unpaired) electrons. The molecule has 2 heterocycles. The normalized spacial score (nSPS) is 17.3. The van der Waals surface area contributed by atoms with Crippen LogP contribution in [0, 0.1) is 0 Å². The van der Waals surface area contributed by atoms with Crippen molar-refractivity contribution in [1.29, 1.82) is 0 Å². The van der Waals surface area contributed by atoms with Gasteiger partial charge in [-0.15, -0.1) is 0 Å². The van der Waals surface area contributed by atoms with Crippen molar-refractivity contribution in [2.45, 2.75) is 18.4 Å². The molecule has 0 aliphatic carbocycles. The Bertz CT molecular complexity index is 734. The number of halogens is 1. The number of aromatic nitrogens is 1. The van der Waals surface area contributed by atoms with E-state index in [0.29, 0.717) is 18.8 Å². The number of carboxylic acid groups (broad SMARTS) is 1. The van der Waals surface area contributed by atoms with Crippen molar-refractivity contribution >= 4 is 38.7 Å². The standard InChI is InChI=1S/C15H15BrN2O4/c16-10-2-1-3-11-12(10)9(8-17-11)13(19)18-15(14(20)21)4-6-22-7-5-15/h1-3,8,17H,4-7H2,(H,18,19)(H,20,21). The average molecular weight is 367 g/mol. The van der Waals surface area contributed by atoms with Crippen LogP contribution < -0.4 is 5.32 Å². The van der Waals surface area contributed by atoms with E-state index in [1.54, 1.807) is 6.20 Å². The van der Waals surface area contributed by atoms with Gasteiger partial charge in [0, 0.05) is 47.6 Å². The number of aliphatic carboxylic acids is 1. The van der Waals surface area contributed by atoms with Gasteiger partial charge >= 0.3 is 5.97 Å². The molecule has 1 fully saturated rings. The molecule has 1 aliphatic rings. The number of aromatic amines is 1. The van der Waals surface area contributed by atoms with Gasteiger partial charge in [0.25, 0.3) is 5.91 Å². The van der Waals surface area contributed by atoms with Gasteiger partial charge in [0.15, 0.2) is 0 Å². The van der Waals surface area contributed by atoms with Crippen molar-refractivity contribution in [3.8, 4) is 0 Å². The molecule has 3 N–H and O–H groups in total. The Kier molecular flexibility index (Phi) is 3.92. The largest absolute Gasteiger partial charge is 0.480 e. The zero-order chi connectivity index (χ0) is 15.7. The van der Waals surface area contributed by atoms with Crippen molar-refractivity contribution in [3.63, 3.8) is 0 Å². The number of carbonyl (C=O) groups is 2. The van der Waals surface area contributed by atoms with E-state index in [-0.39, 0.29) is 12.8 Å². The predicted molar refractivity (Wildman–Crippen MR) is 83.9 cm³/mol. The summed E-state index contributed by atoms with van der Waals surface area (Å²) >= 11 is 3.43. The molecule has 1 aliphatic heterocycles. The fourth-order valence-electron chi connectivity index (χ4n) is 2.72. The van der Waals surface area contributed by atoms with E-state index in [9.17, 15) is 14.7 Å². The first-order valence-electron chi connectivity index (χ1n) is 6.93. The van der Waals surface area contributed by atoms with Crippen LogP contribution in [0.2, 0.25) is 0 Å². The minimum Gasteiger partial charge on any atom is -0.480 e. The van der Waals surface area contributed by atoms with Gasteiger partial charge in [-0.25, -0.2) is 4.79 Å². The van der Waals surface area contributed by atoms with Crippen LogP contribution in [-0.2, 0) is 9.53 Å². The lowest BCUT2D eigenvalue weighted by Crippen LogP contribution is -2.57. The van der Waals surface area contributed by atoms with E-state index in [0.717, 1.165) is 15.4 Å². The summed E-state index contributed by atoms with van der Waals surface area (Å²) in [5.41, 5.74) is -0.0225. The van der Waals surface area contributed by atoms with Crippen LogP contribution in [0.3, 0.4) is 0 Å². The van der Waals surface area contributed by atoms with E-state index in [2.05, 4.69) is 26.2 Å². The SMILES string of the molecule is O=C(NC1(C(=O)O)CCOCC1)c1c[nH]c2cccc(Br)c12. The second-order valence-corrected chi connectivity index (χ2v) is 6.17. The highest BCUT2D eigenvalue weighted by Gasteiger charge is 2.42. The molecule has 2 aromatic rings. The second-order valence-electron chi connectivity index (χ2n) is 5.32. The molecule has 0 unspecified atom stereocenters. The number of amides is 1. The Labute approximate surface area is 135 Å². The van der Waals surface area contributed by atoms with Crippen LogP contribution in [0.15, 0.2) is 28.9 Å². The van der Waals surface area contributed by atoms with Gasteiger partial charge in [0.2, 0.25) is 0 Å². The van der Waals surface area contributed by atoms with Gasteiger partial charge < -0.3 is 20.1 Å². The van der Waals surface area contributed by atoms with Gasteiger partial charge in [-0.05, 0) is 12.1 Å². The second kappa shape index (κ2) is 5.73. The Morgan fingerprint density at radius 2 is 2.05 bits per heavy atom. The fourth-order valence-corrected chi connectivity index (χ4v) is 3.30. The average Bonchev–Trinajstić information content (AvgIpc) is 2.93. The van der Waals surface area contributed by atoms with E-state index in [1.807, 2.05) is 18.2 Å². The van der Waals surface area contributed by atoms with Gasteiger partial charge in [0.05, 0.1) is 5.56 Å². The molecule has 3 rings (SSSR count). The summed E-state index contributed by atoms with van der Waals surface area (Å²) in [5, 5.41) is 13.0. The number of H-pyrrole nitrogens is 1. The number of fused-ring (bicyclic) bond motifs is 1. The van der Waals surface area contributed by atoms with Crippen LogP contribution in [0.25, 0.3) is 10.9 Å². The molecule has 0 saturated carbocycles. The number of nitrogens with one attached hydrogen (secondary N) is 2. The number of carbonyl (C=O) groups excluding carboxylic acids is 1. The quantitative estimate of drug-likeness (QED) is 0.776. The minimum atomic E-state index is -1.26. The molecule has 1 saturated heterocycles. The number of benzene rings is 1. The molecule has 1 amide bonds. The summed E-state index contributed by atoms with van der Waals surface area (Å²) in [6.07, 6.45) is 2.12. The molecular weight excluding hydrogens is 352 g/mol. The number of carboxylic acids is 1. The van der Waals surface area contributed by atoms with E-state index in [1.165, 1.54) is 0 Å².